The van der Waals surface area contributed by atoms with Gasteiger partial charge in [0.15, 0.2) is 5.82 Å². The smallest absolute Gasteiger partial charge is 0.177 e. The molecule has 25 heavy (non-hydrogen) atoms. The van der Waals surface area contributed by atoms with Gasteiger partial charge < -0.3 is 0 Å². The van der Waals surface area contributed by atoms with Crippen LogP contribution in [0.2, 0.25) is 10.0 Å². The summed E-state index contributed by atoms with van der Waals surface area (Å²) in [4.78, 5) is 8.80. The van der Waals surface area contributed by atoms with Crippen molar-refractivity contribution in [2.24, 2.45) is 10.2 Å². The molecule has 2 aromatic carbocycles. The minimum atomic E-state index is -0.162. The van der Waals surface area contributed by atoms with Crippen molar-refractivity contribution < 1.29 is 0 Å². The van der Waals surface area contributed by atoms with Crippen LogP contribution in [-0.2, 0) is 0 Å². The molecule has 3 aromatic rings. The molecule has 126 valence electrons. The monoisotopic (exact) mass is 370 g/mol. The summed E-state index contributed by atoms with van der Waals surface area (Å²) in [7, 11) is 0. The van der Waals surface area contributed by atoms with Crippen LogP contribution in [0, 0.1) is 6.92 Å². The number of benzene rings is 2. The molecule has 1 atom stereocenters. The van der Waals surface area contributed by atoms with E-state index in [9.17, 15) is 0 Å². The highest BCUT2D eigenvalue weighted by Gasteiger charge is 2.08. The fourth-order valence-electron chi connectivity index (χ4n) is 2.34. The van der Waals surface area contributed by atoms with Crippen LogP contribution in [0.4, 0.5) is 5.82 Å². The van der Waals surface area contributed by atoms with E-state index in [0.717, 1.165) is 16.8 Å². The molecule has 0 saturated carbocycles. The van der Waals surface area contributed by atoms with Gasteiger partial charge in [0.05, 0.1) is 21.8 Å². The van der Waals surface area contributed by atoms with Crippen LogP contribution >= 0.6 is 23.2 Å². The Kier molecular flexibility index (Phi) is 5.41. The number of aromatic nitrogens is 2. The lowest BCUT2D eigenvalue weighted by Gasteiger charge is -2.07. The van der Waals surface area contributed by atoms with Crippen molar-refractivity contribution in [1.82, 2.24) is 9.97 Å². The molecule has 0 aliphatic heterocycles. The van der Waals surface area contributed by atoms with Gasteiger partial charge in [0.25, 0.3) is 0 Å². The standard InChI is InChI=1S/C19H16Cl2N4/c1-12(15-8-9-16(20)17(21)10-15)24-25-19-11-18(22-13(2)23-19)14-6-4-3-5-7-14/h3-12H,1-2H3. The Bertz CT molecular complexity index is 911. The summed E-state index contributed by atoms with van der Waals surface area (Å²) in [6, 6.07) is 17.0. The molecule has 1 unspecified atom stereocenters. The molecule has 3 rings (SSSR count). The topological polar surface area (TPSA) is 50.5 Å². The lowest BCUT2D eigenvalue weighted by atomic mass is 10.1. The Morgan fingerprint density at radius 3 is 2.40 bits per heavy atom. The number of halogens is 2. The first-order valence-corrected chi connectivity index (χ1v) is 8.55. The lowest BCUT2D eigenvalue weighted by molar-refractivity contribution is 0.759. The predicted molar refractivity (Wildman–Crippen MR) is 102 cm³/mol. The summed E-state index contributed by atoms with van der Waals surface area (Å²) in [5, 5.41) is 9.65. The van der Waals surface area contributed by atoms with Gasteiger partial charge in [-0.25, -0.2) is 9.97 Å². The first kappa shape index (κ1) is 17.5. The van der Waals surface area contributed by atoms with E-state index in [2.05, 4.69) is 20.2 Å². The summed E-state index contributed by atoms with van der Waals surface area (Å²) in [5.74, 6) is 1.18. The molecule has 4 nitrogen and oxygen atoms in total. The minimum Gasteiger partial charge on any atom is -0.233 e. The molecule has 1 aromatic heterocycles. The van der Waals surface area contributed by atoms with Crippen LogP contribution in [0.5, 0.6) is 0 Å². The molecule has 0 fully saturated rings. The first-order chi connectivity index (χ1) is 12.0. The van der Waals surface area contributed by atoms with Gasteiger partial charge in [0, 0.05) is 11.6 Å². The summed E-state index contributed by atoms with van der Waals surface area (Å²) in [5.41, 5.74) is 2.78. The average Bonchev–Trinajstić information content (AvgIpc) is 2.62. The molecule has 0 radical (unpaired) electrons. The number of hydrogen-bond donors (Lipinski definition) is 0. The molecule has 0 N–H and O–H groups in total. The maximum Gasteiger partial charge on any atom is 0.177 e. The van der Waals surface area contributed by atoms with Crippen LogP contribution in [0.25, 0.3) is 11.3 Å². The van der Waals surface area contributed by atoms with Crippen molar-refractivity contribution in [3.05, 3.63) is 76.0 Å². The molecule has 0 saturated heterocycles. The molecular weight excluding hydrogens is 355 g/mol. The number of nitrogens with zero attached hydrogens (tertiary/aromatic N) is 4. The Balaban J connectivity index is 1.85. The SMILES string of the molecule is Cc1nc(N=NC(C)c2ccc(Cl)c(Cl)c2)cc(-c2ccccc2)n1. The highest BCUT2D eigenvalue weighted by Crippen LogP contribution is 2.28. The van der Waals surface area contributed by atoms with Gasteiger partial charge in [-0.2, -0.15) is 5.11 Å². The van der Waals surface area contributed by atoms with Crippen LogP contribution < -0.4 is 0 Å². The first-order valence-electron chi connectivity index (χ1n) is 7.80. The largest absolute Gasteiger partial charge is 0.233 e. The zero-order valence-corrected chi connectivity index (χ0v) is 15.3. The van der Waals surface area contributed by atoms with E-state index < -0.39 is 0 Å². The number of hydrogen-bond acceptors (Lipinski definition) is 4. The molecule has 0 spiro atoms. The number of aryl methyl sites for hydroxylation is 1. The molecular formula is C19H16Cl2N4. The van der Waals surface area contributed by atoms with Crippen molar-refractivity contribution >= 4 is 29.0 Å². The van der Waals surface area contributed by atoms with Crippen molar-refractivity contribution in [3.63, 3.8) is 0 Å². The Morgan fingerprint density at radius 2 is 1.68 bits per heavy atom. The fraction of sp³-hybridized carbons (Fsp3) is 0.158. The number of rotatable bonds is 4. The van der Waals surface area contributed by atoms with Gasteiger partial charge in [-0.3, -0.25) is 0 Å². The number of azo groups is 1. The van der Waals surface area contributed by atoms with Crippen LogP contribution in [0.1, 0.15) is 24.4 Å². The molecule has 0 aliphatic rings. The second-order valence-corrected chi connectivity index (χ2v) is 6.40. The molecule has 0 bridgehead atoms. The van der Waals surface area contributed by atoms with Gasteiger partial charge in [0.1, 0.15) is 5.82 Å². The van der Waals surface area contributed by atoms with Gasteiger partial charge in [-0.15, -0.1) is 5.11 Å². The van der Waals surface area contributed by atoms with Crippen LogP contribution in [0.3, 0.4) is 0 Å². The minimum absolute atomic E-state index is 0.162. The maximum atomic E-state index is 6.06. The highest BCUT2D eigenvalue weighted by molar-refractivity contribution is 6.42. The summed E-state index contributed by atoms with van der Waals surface area (Å²) < 4.78 is 0. The highest BCUT2D eigenvalue weighted by atomic mass is 35.5. The Labute approximate surface area is 156 Å². The normalized spacial score (nSPS) is 12.5. The third-order valence-electron chi connectivity index (χ3n) is 3.65. The molecule has 0 amide bonds. The zero-order valence-electron chi connectivity index (χ0n) is 13.8. The maximum absolute atomic E-state index is 6.06. The summed E-state index contributed by atoms with van der Waals surface area (Å²) >= 11 is 12.0. The van der Waals surface area contributed by atoms with Gasteiger partial charge in [0.2, 0.25) is 0 Å². The fourth-order valence-corrected chi connectivity index (χ4v) is 2.65. The predicted octanol–water partition coefficient (Wildman–Crippen LogP) is 6.60. The molecule has 1 heterocycles. The van der Waals surface area contributed by atoms with E-state index in [1.54, 1.807) is 12.1 Å². The van der Waals surface area contributed by atoms with Crippen molar-refractivity contribution in [2.75, 3.05) is 0 Å². The van der Waals surface area contributed by atoms with E-state index in [4.69, 9.17) is 23.2 Å². The van der Waals surface area contributed by atoms with Gasteiger partial charge in [-0.05, 0) is 31.5 Å². The summed E-state index contributed by atoms with van der Waals surface area (Å²) in [6.07, 6.45) is 0. The Morgan fingerprint density at radius 1 is 0.920 bits per heavy atom. The average molecular weight is 371 g/mol. The van der Waals surface area contributed by atoms with E-state index >= 15 is 0 Å². The lowest BCUT2D eigenvalue weighted by Crippen LogP contribution is -1.92. The third kappa shape index (κ3) is 4.41. The van der Waals surface area contributed by atoms with E-state index in [0.29, 0.717) is 21.7 Å². The second-order valence-electron chi connectivity index (χ2n) is 5.59. The van der Waals surface area contributed by atoms with Crippen LogP contribution in [0.15, 0.2) is 64.8 Å². The molecule has 6 heteroatoms. The Hall–Kier alpha value is -2.30. The second kappa shape index (κ2) is 7.72. The third-order valence-corrected chi connectivity index (χ3v) is 4.39. The van der Waals surface area contributed by atoms with Gasteiger partial charge >= 0.3 is 0 Å². The van der Waals surface area contributed by atoms with Crippen molar-refractivity contribution in [1.29, 1.82) is 0 Å². The van der Waals surface area contributed by atoms with E-state index in [-0.39, 0.29) is 6.04 Å². The van der Waals surface area contributed by atoms with Crippen molar-refractivity contribution in [3.8, 4) is 11.3 Å². The zero-order chi connectivity index (χ0) is 17.8. The van der Waals surface area contributed by atoms with Gasteiger partial charge in [-0.1, -0.05) is 59.6 Å². The summed E-state index contributed by atoms with van der Waals surface area (Å²) in [6.45, 7) is 3.78. The van der Waals surface area contributed by atoms with Crippen molar-refractivity contribution in [2.45, 2.75) is 19.9 Å². The van der Waals surface area contributed by atoms with E-state index in [1.807, 2.05) is 56.3 Å². The molecule has 0 aliphatic carbocycles. The van der Waals surface area contributed by atoms with E-state index in [1.165, 1.54) is 0 Å². The quantitative estimate of drug-likeness (QED) is 0.485. The van der Waals surface area contributed by atoms with Crippen LogP contribution in [-0.4, -0.2) is 9.97 Å².